The molecule has 0 saturated carbocycles. The molecule has 0 aliphatic carbocycles. The van der Waals surface area contributed by atoms with Gasteiger partial charge in [0.05, 0.1) is 12.6 Å². The summed E-state index contributed by atoms with van der Waals surface area (Å²) in [6, 6.07) is 8.02. The fraction of sp³-hybridized carbons (Fsp3) is 0.632. The lowest BCUT2D eigenvalue weighted by atomic mass is 9.92. The van der Waals surface area contributed by atoms with E-state index in [9.17, 15) is 5.11 Å². The van der Waals surface area contributed by atoms with Crippen LogP contribution >= 0.6 is 24.0 Å². The minimum Gasteiger partial charge on any atom is -0.386 e. The zero-order valence-corrected chi connectivity index (χ0v) is 17.7. The molecule has 1 aromatic rings. The molecule has 1 heterocycles. The molecule has 1 aliphatic heterocycles. The highest BCUT2D eigenvalue weighted by Gasteiger charge is 2.24. The van der Waals surface area contributed by atoms with Crippen molar-refractivity contribution < 1.29 is 5.11 Å². The van der Waals surface area contributed by atoms with Crippen LogP contribution in [0.4, 0.5) is 0 Å². The monoisotopic (exact) mass is 445 g/mol. The lowest BCUT2D eigenvalue weighted by molar-refractivity contribution is 0.183. The summed E-state index contributed by atoms with van der Waals surface area (Å²) in [4.78, 5) is 7.02. The highest BCUT2D eigenvalue weighted by atomic mass is 127. The van der Waals surface area contributed by atoms with Crippen molar-refractivity contribution in [3.05, 3.63) is 35.4 Å². The van der Waals surface area contributed by atoms with Crippen molar-refractivity contribution in [2.24, 2.45) is 16.8 Å². The first-order chi connectivity index (χ1) is 11.0. The number of nitrogens with one attached hydrogen (secondary N) is 1. The average Bonchev–Trinajstić information content (AvgIpc) is 2.50. The van der Waals surface area contributed by atoms with Crippen molar-refractivity contribution in [2.45, 2.75) is 40.2 Å². The number of halogens is 1. The van der Waals surface area contributed by atoms with Crippen LogP contribution in [0, 0.1) is 18.8 Å². The summed E-state index contributed by atoms with van der Waals surface area (Å²) in [5.74, 6) is 2.30. The van der Waals surface area contributed by atoms with Crippen LogP contribution in [0.5, 0.6) is 0 Å². The van der Waals surface area contributed by atoms with E-state index in [-0.39, 0.29) is 24.0 Å². The summed E-state index contributed by atoms with van der Waals surface area (Å²) in [6.45, 7) is 12.1. The van der Waals surface area contributed by atoms with Crippen LogP contribution in [0.3, 0.4) is 0 Å². The third-order valence-electron chi connectivity index (χ3n) is 4.38. The number of rotatable bonds is 4. The molecular formula is C19H32IN3O. The lowest BCUT2D eigenvalue weighted by Gasteiger charge is -2.37. The number of guanidine groups is 1. The van der Waals surface area contributed by atoms with Crippen molar-refractivity contribution in [1.29, 1.82) is 0 Å². The molecule has 1 fully saturated rings. The zero-order valence-electron chi connectivity index (χ0n) is 15.3. The maximum Gasteiger partial charge on any atom is 0.194 e. The molecule has 0 aromatic heterocycles. The minimum atomic E-state index is -0.552. The SMILES string of the molecule is CCNC(=NCC(O)c1ccc(C)cc1)N1CC(C)CC(C)C1.I. The Kier molecular flexibility index (Phi) is 9.05. The predicted octanol–water partition coefficient (Wildman–Crippen LogP) is 3.59. The first-order valence-corrected chi connectivity index (χ1v) is 8.77. The molecule has 4 nitrogen and oxygen atoms in total. The minimum absolute atomic E-state index is 0. The molecule has 0 radical (unpaired) electrons. The molecule has 3 atom stereocenters. The van der Waals surface area contributed by atoms with Crippen LogP contribution in [-0.4, -0.2) is 42.1 Å². The van der Waals surface area contributed by atoms with E-state index in [1.165, 1.54) is 12.0 Å². The lowest BCUT2D eigenvalue weighted by Crippen LogP contribution is -2.48. The number of aliphatic hydroxyl groups is 1. The van der Waals surface area contributed by atoms with Gasteiger partial charge in [-0.2, -0.15) is 0 Å². The van der Waals surface area contributed by atoms with Gasteiger partial charge < -0.3 is 15.3 Å². The number of hydrogen-bond acceptors (Lipinski definition) is 2. The molecule has 2 N–H and O–H groups in total. The van der Waals surface area contributed by atoms with Gasteiger partial charge >= 0.3 is 0 Å². The predicted molar refractivity (Wildman–Crippen MR) is 112 cm³/mol. The van der Waals surface area contributed by atoms with Gasteiger partial charge in [0.2, 0.25) is 0 Å². The largest absolute Gasteiger partial charge is 0.386 e. The fourth-order valence-corrected chi connectivity index (χ4v) is 3.33. The zero-order chi connectivity index (χ0) is 16.8. The van der Waals surface area contributed by atoms with Gasteiger partial charge in [0.25, 0.3) is 0 Å². The van der Waals surface area contributed by atoms with Gasteiger partial charge in [-0.25, -0.2) is 0 Å². The molecular weight excluding hydrogens is 413 g/mol. The smallest absolute Gasteiger partial charge is 0.194 e. The Morgan fingerprint density at radius 3 is 2.38 bits per heavy atom. The van der Waals surface area contributed by atoms with E-state index in [2.05, 4.69) is 42.9 Å². The number of aliphatic hydroxyl groups excluding tert-OH is 1. The van der Waals surface area contributed by atoms with Gasteiger partial charge in [-0.3, -0.25) is 4.99 Å². The number of likely N-dealkylation sites (tertiary alicyclic amines) is 1. The number of nitrogens with zero attached hydrogens (tertiary/aromatic N) is 2. The number of benzene rings is 1. The topological polar surface area (TPSA) is 47.9 Å². The third-order valence-corrected chi connectivity index (χ3v) is 4.38. The van der Waals surface area contributed by atoms with Gasteiger partial charge in [0, 0.05) is 19.6 Å². The molecule has 0 spiro atoms. The summed E-state index contributed by atoms with van der Waals surface area (Å²) in [5, 5.41) is 13.8. The van der Waals surface area contributed by atoms with E-state index in [0.717, 1.165) is 31.2 Å². The van der Waals surface area contributed by atoms with Crippen LogP contribution in [0.15, 0.2) is 29.3 Å². The molecule has 1 saturated heterocycles. The fourth-order valence-electron chi connectivity index (χ4n) is 3.33. The van der Waals surface area contributed by atoms with E-state index in [4.69, 9.17) is 0 Å². The molecule has 3 unspecified atom stereocenters. The van der Waals surface area contributed by atoms with E-state index < -0.39 is 6.10 Å². The van der Waals surface area contributed by atoms with E-state index >= 15 is 0 Å². The molecule has 136 valence electrons. The van der Waals surface area contributed by atoms with Gasteiger partial charge in [-0.15, -0.1) is 24.0 Å². The average molecular weight is 445 g/mol. The second-order valence-corrected chi connectivity index (χ2v) is 6.97. The maximum atomic E-state index is 10.4. The Balaban J connectivity index is 0.00000288. The first-order valence-electron chi connectivity index (χ1n) is 8.77. The molecule has 24 heavy (non-hydrogen) atoms. The Labute approximate surface area is 163 Å². The molecule has 1 aliphatic rings. The Morgan fingerprint density at radius 1 is 1.25 bits per heavy atom. The standard InChI is InChI=1S/C19H31N3O.HI/c1-5-20-19(22-12-15(3)10-16(4)13-22)21-11-18(23)17-8-6-14(2)7-9-17;/h6-9,15-16,18,23H,5,10-13H2,1-4H3,(H,20,21);1H. The van der Waals surface area contributed by atoms with E-state index in [0.29, 0.717) is 18.4 Å². The van der Waals surface area contributed by atoms with Crippen LogP contribution in [0.25, 0.3) is 0 Å². The number of aryl methyl sites for hydroxylation is 1. The molecule has 2 rings (SSSR count). The van der Waals surface area contributed by atoms with Crippen molar-refractivity contribution in [3.8, 4) is 0 Å². The Morgan fingerprint density at radius 2 is 1.83 bits per heavy atom. The first kappa shape index (κ1) is 21.2. The Bertz CT molecular complexity index is 508. The Hall–Kier alpha value is -0.820. The third kappa shape index (κ3) is 6.24. The highest BCUT2D eigenvalue weighted by molar-refractivity contribution is 14.0. The second kappa shape index (κ2) is 10.2. The van der Waals surface area contributed by atoms with Gasteiger partial charge in [-0.05, 0) is 37.7 Å². The molecule has 1 aromatic carbocycles. The number of aliphatic imine (C=N–C) groups is 1. The van der Waals surface area contributed by atoms with Gasteiger partial charge in [0.1, 0.15) is 0 Å². The quantitative estimate of drug-likeness (QED) is 0.423. The normalized spacial score (nSPS) is 22.7. The van der Waals surface area contributed by atoms with E-state index in [1.54, 1.807) is 0 Å². The van der Waals surface area contributed by atoms with Crippen molar-refractivity contribution in [3.63, 3.8) is 0 Å². The highest BCUT2D eigenvalue weighted by Crippen LogP contribution is 2.21. The van der Waals surface area contributed by atoms with Crippen LogP contribution < -0.4 is 5.32 Å². The second-order valence-electron chi connectivity index (χ2n) is 6.97. The molecule has 0 amide bonds. The van der Waals surface area contributed by atoms with Crippen molar-refractivity contribution >= 4 is 29.9 Å². The van der Waals surface area contributed by atoms with E-state index in [1.807, 2.05) is 24.3 Å². The van der Waals surface area contributed by atoms with Gasteiger partial charge in [-0.1, -0.05) is 43.7 Å². The maximum absolute atomic E-state index is 10.4. The summed E-state index contributed by atoms with van der Waals surface area (Å²) in [7, 11) is 0. The summed E-state index contributed by atoms with van der Waals surface area (Å²) < 4.78 is 0. The summed E-state index contributed by atoms with van der Waals surface area (Å²) in [6.07, 6.45) is 0.728. The van der Waals surface area contributed by atoms with Crippen LogP contribution in [-0.2, 0) is 0 Å². The van der Waals surface area contributed by atoms with Gasteiger partial charge in [0.15, 0.2) is 5.96 Å². The number of piperidine rings is 1. The van der Waals surface area contributed by atoms with Crippen LogP contribution in [0.2, 0.25) is 0 Å². The summed E-state index contributed by atoms with van der Waals surface area (Å²) >= 11 is 0. The molecule has 0 bridgehead atoms. The number of hydrogen-bond donors (Lipinski definition) is 2. The van der Waals surface area contributed by atoms with Crippen molar-refractivity contribution in [2.75, 3.05) is 26.2 Å². The summed E-state index contributed by atoms with van der Waals surface area (Å²) in [5.41, 5.74) is 2.13. The van der Waals surface area contributed by atoms with Crippen LogP contribution in [0.1, 0.15) is 44.4 Å². The molecule has 5 heteroatoms. The van der Waals surface area contributed by atoms with Crippen molar-refractivity contribution in [1.82, 2.24) is 10.2 Å².